The summed E-state index contributed by atoms with van der Waals surface area (Å²) in [5, 5.41) is 8.52. The molecule has 0 spiro atoms. The second-order valence-electron chi connectivity index (χ2n) is 5.79. The van der Waals surface area contributed by atoms with E-state index < -0.39 is 0 Å². The zero-order chi connectivity index (χ0) is 19.6. The van der Waals surface area contributed by atoms with Gasteiger partial charge >= 0.3 is 0 Å². The summed E-state index contributed by atoms with van der Waals surface area (Å²) in [6.45, 7) is 5.59. The molecule has 0 unspecified atom stereocenters. The third-order valence-corrected chi connectivity index (χ3v) is 4.40. The van der Waals surface area contributed by atoms with Crippen LogP contribution in [0.5, 0.6) is 0 Å². The summed E-state index contributed by atoms with van der Waals surface area (Å²) >= 11 is 3.46. The lowest BCUT2D eigenvalue weighted by atomic mass is 10.1. The maximum absolute atomic E-state index is 5.85. The van der Waals surface area contributed by atoms with Gasteiger partial charge in [-0.05, 0) is 42.8 Å². The summed E-state index contributed by atoms with van der Waals surface area (Å²) in [6, 6.07) is 1.84. The molecule has 3 aromatic rings. The van der Waals surface area contributed by atoms with Gasteiger partial charge in [-0.25, -0.2) is 15.8 Å². The summed E-state index contributed by atoms with van der Waals surface area (Å²) < 4.78 is 5.92. The van der Waals surface area contributed by atoms with E-state index in [4.69, 9.17) is 16.1 Å². The number of anilines is 3. The smallest absolute Gasteiger partial charge is 0.161 e. The largest absolute Gasteiger partial charge is 0.403 e. The summed E-state index contributed by atoms with van der Waals surface area (Å²) in [7, 11) is 0. The van der Waals surface area contributed by atoms with Crippen LogP contribution in [0, 0.1) is 20.8 Å². The molecule has 3 heterocycles. The van der Waals surface area contributed by atoms with Gasteiger partial charge < -0.3 is 15.6 Å². The third-order valence-electron chi connectivity index (χ3n) is 3.82. The van der Waals surface area contributed by atoms with Crippen LogP contribution in [0.15, 0.2) is 39.9 Å². The first-order valence-corrected chi connectivity index (χ1v) is 8.81. The molecule has 0 aromatic carbocycles. The summed E-state index contributed by atoms with van der Waals surface area (Å²) in [4.78, 5) is 13.4. The van der Waals surface area contributed by atoms with E-state index in [1.54, 1.807) is 12.4 Å². The van der Waals surface area contributed by atoms with Gasteiger partial charge in [0.2, 0.25) is 0 Å². The molecule has 3 rings (SSSR count). The quantitative estimate of drug-likeness (QED) is 0.412. The van der Waals surface area contributed by atoms with Crippen LogP contribution < -0.4 is 21.9 Å². The van der Waals surface area contributed by atoms with Crippen LogP contribution in [0.3, 0.4) is 0 Å². The zero-order valence-electron chi connectivity index (χ0n) is 15.1. The Morgan fingerprint density at radius 1 is 1.19 bits per heavy atom. The molecule has 0 bridgehead atoms. The first-order chi connectivity index (χ1) is 12.9. The molecule has 5 N–H and O–H groups in total. The van der Waals surface area contributed by atoms with E-state index in [2.05, 4.69) is 41.4 Å². The lowest BCUT2D eigenvalue weighted by molar-refractivity contribution is 0.393. The van der Waals surface area contributed by atoms with Gasteiger partial charge in [0.25, 0.3) is 0 Å². The van der Waals surface area contributed by atoms with E-state index in [1.165, 1.54) is 17.4 Å². The molecule has 0 radical (unpaired) electrons. The topological polar surface area (TPSA) is 132 Å². The molecule has 27 heavy (non-hydrogen) atoms. The van der Waals surface area contributed by atoms with Gasteiger partial charge in [0.1, 0.15) is 5.76 Å². The predicted molar refractivity (Wildman–Crippen MR) is 107 cm³/mol. The standard InChI is InChI=1S/C17H19BrN8O/c1-9-15(11(3)27-25-9)14-8-21-10(2)16(24-14)23-12-6-13(18)17(22-7-12)26(20)5-4-19/h4-8H,19-20H2,1-3H3,(H,23,24)/b5-4-. The average Bonchev–Trinajstić information content (AvgIpc) is 2.96. The number of hydrazine groups is 1. The summed E-state index contributed by atoms with van der Waals surface area (Å²) in [6.07, 6.45) is 6.19. The van der Waals surface area contributed by atoms with Crippen molar-refractivity contribution in [3.63, 3.8) is 0 Å². The second-order valence-corrected chi connectivity index (χ2v) is 6.65. The minimum absolute atomic E-state index is 0.523. The number of nitrogens with two attached hydrogens (primary N) is 2. The van der Waals surface area contributed by atoms with Gasteiger partial charge in [0.15, 0.2) is 11.6 Å². The Morgan fingerprint density at radius 2 is 1.96 bits per heavy atom. The van der Waals surface area contributed by atoms with E-state index in [1.807, 2.05) is 26.8 Å². The molecule has 9 nitrogen and oxygen atoms in total. The fourth-order valence-corrected chi connectivity index (χ4v) is 3.08. The van der Waals surface area contributed by atoms with Crippen molar-refractivity contribution in [2.24, 2.45) is 11.6 Å². The van der Waals surface area contributed by atoms with Crippen molar-refractivity contribution in [2.45, 2.75) is 20.8 Å². The Balaban J connectivity index is 1.92. The van der Waals surface area contributed by atoms with E-state index in [0.29, 0.717) is 27.6 Å². The average molecular weight is 431 g/mol. The Labute approximate surface area is 164 Å². The van der Waals surface area contributed by atoms with Crippen molar-refractivity contribution in [1.82, 2.24) is 20.1 Å². The van der Waals surface area contributed by atoms with Crippen molar-refractivity contribution in [1.29, 1.82) is 0 Å². The number of hydrogen-bond acceptors (Lipinski definition) is 9. The second kappa shape index (κ2) is 7.72. The van der Waals surface area contributed by atoms with Gasteiger partial charge in [-0.2, -0.15) is 0 Å². The van der Waals surface area contributed by atoms with Gasteiger partial charge in [-0.3, -0.25) is 9.99 Å². The van der Waals surface area contributed by atoms with E-state index in [-0.39, 0.29) is 0 Å². The van der Waals surface area contributed by atoms with E-state index in [9.17, 15) is 0 Å². The highest BCUT2D eigenvalue weighted by atomic mass is 79.9. The van der Waals surface area contributed by atoms with Crippen LogP contribution in [0.25, 0.3) is 11.3 Å². The molecule has 3 aromatic heterocycles. The fraction of sp³-hybridized carbons (Fsp3) is 0.176. The number of nitrogens with zero attached hydrogens (tertiary/aromatic N) is 5. The minimum Gasteiger partial charge on any atom is -0.403 e. The molecule has 0 amide bonds. The highest BCUT2D eigenvalue weighted by Crippen LogP contribution is 2.29. The molecule has 0 aliphatic carbocycles. The monoisotopic (exact) mass is 430 g/mol. The van der Waals surface area contributed by atoms with Crippen molar-refractivity contribution >= 4 is 33.3 Å². The molecule has 0 saturated carbocycles. The minimum atomic E-state index is 0.523. The first-order valence-electron chi connectivity index (χ1n) is 8.02. The van der Waals surface area contributed by atoms with Crippen LogP contribution in [0.1, 0.15) is 17.1 Å². The summed E-state index contributed by atoms with van der Waals surface area (Å²) in [5.74, 6) is 7.68. The fourth-order valence-electron chi connectivity index (χ4n) is 2.53. The molecule has 0 fully saturated rings. The van der Waals surface area contributed by atoms with Crippen LogP contribution in [0.2, 0.25) is 0 Å². The molecular weight excluding hydrogens is 412 g/mol. The predicted octanol–water partition coefficient (Wildman–Crippen LogP) is 3.07. The Morgan fingerprint density at radius 3 is 2.59 bits per heavy atom. The van der Waals surface area contributed by atoms with Gasteiger partial charge in [-0.15, -0.1) is 0 Å². The van der Waals surface area contributed by atoms with Crippen LogP contribution in [-0.4, -0.2) is 20.1 Å². The first kappa shape index (κ1) is 18.8. The Kier molecular flexibility index (Phi) is 5.38. The molecule has 0 aliphatic heterocycles. The van der Waals surface area contributed by atoms with Crippen molar-refractivity contribution < 1.29 is 4.52 Å². The van der Waals surface area contributed by atoms with Crippen LogP contribution >= 0.6 is 15.9 Å². The van der Waals surface area contributed by atoms with Gasteiger partial charge in [0, 0.05) is 12.4 Å². The number of rotatable bonds is 5. The number of hydrogen-bond donors (Lipinski definition) is 3. The van der Waals surface area contributed by atoms with Crippen molar-refractivity contribution in [3.05, 3.63) is 52.5 Å². The lowest BCUT2D eigenvalue weighted by Gasteiger charge is -2.15. The van der Waals surface area contributed by atoms with Gasteiger partial charge in [0.05, 0.1) is 45.2 Å². The van der Waals surface area contributed by atoms with Crippen LogP contribution in [0.4, 0.5) is 17.3 Å². The highest BCUT2D eigenvalue weighted by molar-refractivity contribution is 9.10. The zero-order valence-corrected chi connectivity index (χ0v) is 16.6. The molecule has 0 atom stereocenters. The van der Waals surface area contributed by atoms with Crippen LogP contribution in [-0.2, 0) is 0 Å². The molecular formula is C17H19BrN8O. The Hall–Kier alpha value is -2.98. The van der Waals surface area contributed by atoms with E-state index >= 15 is 0 Å². The highest BCUT2D eigenvalue weighted by Gasteiger charge is 2.15. The number of nitrogens with one attached hydrogen (secondary N) is 1. The lowest BCUT2D eigenvalue weighted by Crippen LogP contribution is -2.26. The summed E-state index contributed by atoms with van der Waals surface area (Å²) in [5.41, 5.74) is 9.12. The van der Waals surface area contributed by atoms with Crippen molar-refractivity contribution in [2.75, 3.05) is 10.3 Å². The molecule has 140 valence electrons. The number of aromatic nitrogens is 4. The molecule has 0 saturated heterocycles. The number of pyridine rings is 1. The normalized spacial score (nSPS) is 11.1. The molecule has 10 heteroatoms. The van der Waals surface area contributed by atoms with E-state index in [0.717, 1.165) is 22.6 Å². The Bertz CT molecular complexity index is 981. The maximum Gasteiger partial charge on any atom is 0.161 e. The number of aryl methyl sites for hydroxylation is 3. The van der Waals surface area contributed by atoms with Gasteiger partial charge in [-0.1, -0.05) is 5.16 Å². The number of halogens is 1. The maximum atomic E-state index is 5.85. The SMILES string of the molecule is Cc1ncc(-c2c(C)noc2C)nc1Nc1cnc(N(N)/C=C\N)c(Br)c1. The molecule has 0 aliphatic rings. The third kappa shape index (κ3) is 3.91. The van der Waals surface area contributed by atoms with Crippen molar-refractivity contribution in [3.8, 4) is 11.3 Å².